The molecule has 6 heteroatoms. The maximum absolute atomic E-state index is 12.0. The Balaban J connectivity index is 1.53. The number of halogens is 1. The molecule has 1 amide bonds. The highest BCUT2D eigenvalue weighted by molar-refractivity contribution is 7.13. The first kappa shape index (κ1) is 16.5. The molecule has 0 aliphatic carbocycles. The Kier molecular flexibility index (Phi) is 5.46. The summed E-state index contributed by atoms with van der Waals surface area (Å²) in [7, 11) is 0. The number of carbonyl (C=O) groups excluding carboxylic acids is 1. The van der Waals surface area contributed by atoms with E-state index in [4.69, 9.17) is 11.6 Å². The summed E-state index contributed by atoms with van der Waals surface area (Å²) in [6, 6.07) is 17.3. The van der Waals surface area contributed by atoms with Crippen LogP contribution in [0.4, 0.5) is 10.8 Å². The second-order valence-electron chi connectivity index (χ2n) is 5.22. The SMILES string of the molecule is O=C(Cc1csc(Nc2cccc(Cl)c2)n1)NCc1ccccc1. The zero-order valence-electron chi connectivity index (χ0n) is 12.8. The number of thiazole rings is 1. The van der Waals surface area contributed by atoms with Crippen molar-refractivity contribution < 1.29 is 4.79 Å². The Bertz CT molecular complexity index is 820. The third-order valence-corrected chi connectivity index (χ3v) is 4.34. The second kappa shape index (κ2) is 7.95. The van der Waals surface area contributed by atoms with Gasteiger partial charge in [-0.25, -0.2) is 4.98 Å². The van der Waals surface area contributed by atoms with Gasteiger partial charge < -0.3 is 10.6 Å². The van der Waals surface area contributed by atoms with Gasteiger partial charge in [-0.05, 0) is 23.8 Å². The molecule has 4 nitrogen and oxygen atoms in total. The van der Waals surface area contributed by atoms with Crippen LogP contribution in [0.1, 0.15) is 11.3 Å². The Labute approximate surface area is 149 Å². The number of aromatic nitrogens is 1. The molecule has 3 rings (SSSR count). The standard InChI is InChI=1S/C18H16ClN3OS/c19-14-7-4-8-15(9-14)21-18-22-16(12-24-18)10-17(23)20-11-13-5-2-1-3-6-13/h1-9,12H,10-11H2,(H,20,23)(H,21,22). The fourth-order valence-electron chi connectivity index (χ4n) is 2.16. The molecule has 0 unspecified atom stereocenters. The monoisotopic (exact) mass is 357 g/mol. The van der Waals surface area contributed by atoms with Crippen LogP contribution in [0.5, 0.6) is 0 Å². The van der Waals surface area contributed by atoms with Crippen LogP contribution < -0.4 is 10.6 Å². The third-order valence-electron chi connectivity index (χ3n) is 3.30. The van der Waals surface area contributed by atoms with Crippen molar-refractivity contribution in [3.05, 3.63) is 76.3 Å². The average Bonchev–Trinajstić information content (AvgIpc) is 3.01. The molecule has 3 aromatic rings. The summed E-state index contributed by atoms with van der Waals surface area (Å²) in [4.78, 5) is 16.4. The summed E-state index contributed by atoms with van der Waals surface area (Å²) in [6.45, 7) is 0.525. The summed E-state index contributed by atoms with van der Waals surface area (Å²) in [6.07, 6.45) is 0.264. The van der Waals surface area contributed by atoms with E-state index >= 15 is 0 Å². The van der Waals surface area contributed by atoms with Crippen LogP contribution in [0.25, 0.3) is 0 Å². The lowest BCUT2D eigenvalue weighted by atomic mass is 10.2. The highest BCUT2D eigenvalue weighted by Gasteiger charge is 2.08. The average molecular weight is 358 g/mol. The summed E-state index contributed by atoms with van der Waals surface area (Å²) in [5.74, 6) is -0.0431. The van der Waals surface area contributed by atoms with Gasteiger partial charge in [0.1, 0.15) is 0 Å². The van der Waals surface area contributed by atoms with E-state index in [0.29, 0.717) is 11.6 Å². The molecule has 2 aromatic carbocycles. The normalized spacial score (nSPS) is 10.4. The van der Waals surface area contributed by atoms with Gasteiger partial charge in [0.25, 0.3) is 0 Å². The number of hydrogen-bond acceptors (Lipinski definition) is 4. The van der Waals surface area contributed by atoms with Crippen LogP contribution in [-0.2, 0) is 17.8 Å². The number of anilines is 2. The van der Waals surface area contributed by atoms with Crippen molar-refractivity contribution in [3.63, 3.8) is 0 Å². The summed E-state index contributed by atoms with van der Waals surface area (Å²) >= 11 is 7.42. The lowest BCUT2D eigenvalue weighted by Crippen LogP contribution is -2.24. The number of amides is 1. The van der Waals surface area contributed by atoms with E-state index in [0.717, 1.165) is 22.1 Å². The van der Waals surface area contributed by atoms with Gasteiger partial charge in [-0.15, -0.1) is 11.3 Å². The molecule has 1 aromatic heterocycles. The highest BCUT2D eigenvalue weighted by Crippen LogP contribution is 2.23. The number of rotatable bonds is 6. The van der Waals surface area contributed by atoms with Gasteiger partial charge in [0, 0.05) is 22.6 Å². The lowest BCUT2D eigenvalue weighted by molar-refractivity contribution is -0.120. The first-order valence-electron chi connectivity index (χ1n) is 7.47. The molecular formula is C18H16ClN3OS. The molecule has 0 bridgehead atoms. The van der Waals surface area contributed by atoms with E-state index < -0.39 is 0 Å². The van der Waals surface area contributed by atoms with Crippen molar-refractivity contribution in [2.24, 2.45) is 0 Å². The summed E-state index contributed by atoms with van der Waals surface area (Å²) in [5.41, 5.74) is 2.69. The lowest BCUT2D eigenvalue weighted by Gasteiger charge is -2.04. The van der Waals surface area contributed by atoms with Crippen molar-refractivity contribution in [2.75, 3.05) is 5.32 Å². The zero-order valence-corrected chi connectivity index (χ0v) is 14.4. The largest absolute Gasteiger partial charge is 0.352 e. The minimum absolute atomic E-state index is 0.0431. The fraction of sp³-hybridized carbons (Fsp3) is 0.111. The topological polar surface area (TPSA) is 54.0 Å². The first-order valence-corrected chi connectivity index (χ1v) is 8.72. The van der Waals surface area contributed by atoms with E-state index in [1.165, 1.54) is 11.3 Å². The number of hydrogen-bond donors (Lipinski definition) is 2. The molecule has 0 saturated carbocycles. The molecule has 1 heterocycles. The van der Waals surface area contributed by atoms with Crippen molar-refractivity contribution in [2.45, 2.75) is 13.0 Å². The molecule has 0 aliphatic rings. The quantitative estimate of drug-likeness (QED) is 0.687. The van der Waals surface area contributed by atoms with Crippen LogP contribution in [0.2, 0.25) is 5.02 Å². The Hall–Kier alpha value is -2.37. The van der Waals surface area contributed by atoms with E-state index in [9.17, 15) is 4.79 Å². The third kappa shape index (κ3) is 4.81. The number of benzene rings is 2. The van der Waals surface area contributed by atoms with Gasteiger partial charge in [-0.1, -0.05) is 48.0 Å². The van der Waals surface area contributed by atoms with Crippen molar-refractivity contribution in [1.82, 2.24) is 10.3 Å². The predicted octanol–water partition coefficient (Wildman–Crippen LogP) is 4.40. The molecule has 0 fully saturated rings. The van der Waals surface area contributed by atoms with E-state index in [1.54, 1.807) is 0 Å². The first-order chi connectivity index (χ1) is 11.7. The molecule has 122 valence electrons. The van der Waals surface area contributed by atoms with Crippen molar-refractivity contribution in [1.29, 1.82) is 0 Å². The number of nitrogens with zero attached hydrogens (tertiary/aromatic N) is 1. The molecule has 0 saturated heterocycles. The summed E-state index contributed by atoms with van der Waals surface area (Å²) < 4.78 is 0. The number of nitrogens with one attached hydrogen (secondary N) is 2. The van der Waals surface area contributed by atoms with Crippen molar-refractivity contribution >= 4 is 39.7 Å². The van der Waals surface area contributed by atoms with Crippen LogP contribution in [0, 0.1) is 0 Å². The van der Waals surface area contributed by atoms with Gasteiger partial charge in [0.05, 0.1) is 12.1 Å². The van der Waals surface area contributed by atoms with Crippen LogP contribution in [-0.4, -0.2) is 10.9 Å². The van der Waals surface area contributed by atoms with Crippen LogP contribution in [0.3, 0.4) is 0 Å². The smallest absolute Gasteiger partial charge is 0.226 e. The van der Waals surface area contributed by atoms with E-state index in [2.05, 4.69) is 15.6 Å². The van der Waals surface area contributed by atoms with Gasteiger partial charge in [-0.2, -0.15) is 0 Å². The molecule has 0 aliphatic heterocycles. The zero-order chi connectivity index (χ0) is 16.8. The maximum Gasteiger partial charge on any atom is 0.226 e. The fourth-order valence-corrected chi connectivity index (χ4v) is 3.08. The summed E-state index contributed by atoms with van der Waals surface area (Å²) in [5, 5.41) is 9.38. The van der Waals surface area contributed by atoms with Crippen molar-refractivity contribution in [3.8, 4) is 0 Å². The maximum atomic E-state index is 12.0. The van der Waals surface area contributed by atoms with Crippen LogP contribution in [0.15, 0.2) is 60.0 Å². The molecule has 0 radical (unpaired) electrons. The van der Waals surface area contributed by atoms with Crippen LogP contribution >= 0.6 is 22.9 Å². The molecule has 0 spiro atoms. The van der Waals surface area contributed by atoms with Gasteiger partial charge in [-0.3, -0.25) is 4.79 Å². The Morgan fingerprint density at radius 2 is 1.96 bits per heavy atom. The van der Waals surface area contributed by atoms with Gasteiger partial charge in [0.15, 0.2) is 5.13 Å². The Morgan fingerprint density at radius 1 is 1.12 bits per heavy atom. The predicted molar refractivity (Wildman–Crippen MR) is 98.8 cm³/mol. The van der Waals surface area contributed by atoms with Gasteiger partial charge >= 0.3 is 0 Å². The van der Waals surface area contributed by atoms with E-state index in [-0.39, 0.29) is 12.3 Å². The van der Waals surface area contributed by atoms with E-state index in [1.807, 2.05) is 60.0 Å². The molecule has 24 heavy (non-hydrogen) atoms. The van der Waals surface area contributed by atoms with Gasteiger partial charge in [0.2, 0.25) is 5.91 Å². The molecule has 2 N–H and O–H groups in total. The highest BCUT2D eigenvalue weighted by atomic mass is 35.5. The number of carbonyl (C=O) groups is 1. The second-order valence-corrected chi connectivity index (χ2v) is 6.51. The molecule has 0 atom stereocenters. The minimum Gasteiger partial charge on any atom is -0.352 e. The minimum atomic E-state index is -0.0431. The Morgan fingerprint density at radius 3 is 2.75 bits per heavy atom. The molecular weight excluding hydrogens is 342 g/mol.